The average Bonchev–Trinajstić information content (AvgIpc) is 3.60. The highest BCUT2D eigenvalue weighted by atomic mass is 28.4. The molecule has 1 heterocycles. The highest BCUT2D eigenvalue weighted by molar-refractivity contribution is 6.74. The number of rotatable bonds is 16. The molecule has 16 heteroatoms. The smallest absolute Gasteiger partial charge is 0.411 e. The minimum atomic E-state index is -2.06. The van der Waals surface area contributed by atoms with Crippen LogP contribution in [0.2, 0.25) is 18.1 Å². The third-order valence-corrected chi connectivity index (χ3v) is 14.3. The summed E-state index contributed by atoms with van der Waals surface area (Å²) in [6.45, 7) is 20.1. The molecular formula is C39H57N5O10Si. The van der Waals surface area contributed by atoms with Crippen molar-refractivity contribution in [3.05, 3.63) is 60.2 Å². The highest BCUT2D eigenvalue weighted by Gasteiger charge is 2.39. The van der Waals surface area contributed by atoms with E-state index in [0.717, 1.165) is 12.8 Å². The Kier molecular flexibility index (Phi) is 15.7. The van der Waals surface area contributed by atoms with Crippen LogP contribution in [0.25, 0.3) is 0 Å². The van der Waals surface area contributed by atoms with Gasteiger partial charge in [-0.25, -0.2) is 9.59 Å². The van der Waals surface area contributed by atoms with E-state index in [9.17, 15) is 29.1 Å². The lowest BCUT2D eigenvalue weighted by Gasteiger charge is -2.38. The van der Waals surface area contributed by atoms with Gasteiger partial charge in [-0.3, -0.25) is 19.7 Å². The average molecular weight is 784 g/mol. The third kappa shape index (κ3) is 12.5. The van der Waals surface area contributed by atoms with Crippen LogP contribution in [0.4, 0.5) is 21.0 Å². The molecule has 5 amide bonds. The predicted octanol–water partition coefficient (Wildman–Crippen LogP) is 6.16. The predicted molar refractivity (Wildman–Crippen MR) is 212 cm³/mol. The number of benzene rings is 2. The molecule has 2 aromatic rings. The number of nitrogens with zero attached hydrogens (tertiary/aromatic N) is 1. The Bertz CT molecular complexity index is 1690. The number of anilines is 2. The molecule has 0 radical (unpaired) electrons. The molecule has 302 valence electrons. The summed E-state index contributed by atoms with van der Waals surface area (Å²) < 4.78 is 22.1. The molecule has 3 unspecified atom stereocenters. The van der Waals surface area contributed by atoms with E-state index in [2.05, 4.69) is 61.7 Å². The first-order chi connectivity index (χ1) is 25.8. The summed E-state index contributed by atoms with van der Waals surface area (Å²) in [6, 6.07) is 7.15. The summed E-state index contributed by atoms with van der Waals surface area (Å²) in [6.07, 6.45) is 1.36. The Morgan fingerprint density at radius 3 is 2.25 bits per heavy atom. The van der Waals surface area contributed by atoms with Crippen molar-refractivity contribution < 1.29 is 47.7 Å². The standard InChI is InChI=1S/C39H57N5O10Si/c1-11-19-52-38(50)43-33(24(2)3)35(47)40-25(4)34(46)41-27-16-14-26(15-17-27)22-53-37(49)42-30-21-31(45)32(51-8)20-29(30)36(48)44-18-12-13-28(44)23-54-55(9,10)39(5,6)7/h11,14-17,20-21,24-25,28,33,45H,1,12-13,18-19,22-23H2,2-10H3,(H,40,47)(H,41,46)(H,42,49)(H,43,50). The topological polar surface area (TPSA) is 194 Å². The molecule has 5 N–H and O–H groups in total. The van der Waals surface area contributed by atoms with Crippen molar-refractivity contribution in [3.8, 4) is 11.5 Å². The van der Waals surface area contributed by atoms with Crippen molar-refractivity contribution in [1.29, 1.82) is 0 Å². The second kappa shape index (κ2) is 19.5. The zero-order valence-electron chi connectivity index (χ0n) is 33.4. The number of aromatic hydroxyl groups is 1. The van der Waals surface area contributed by atoms with E-state index in [0.29, 0.717) is 24.4 Å². The van der Waals surface area contributed by atoms with E-state index in [-0.39, 0.29) is 58.9 Å². The maximum Gasteiger partial charge on any atom is 0.411 e. The van der Waals surface area contributed by atoms with Gasteiger partial charge in [-0.1, -0.05) is 59.4 Å². The second-order valence-electron chi connectivity index (χ2n) is 15.3. The molecule has 0 bridgehead atoms. The zero-order valence-corrected chi connectivity index (χ0v) is 34.4. The number of hydrogen-bond donors (Lipinski definition) is 5. The van der Waals surface area contributed by atoms with E-state index in [4.69, 9.17) is 18.6 Å². The van der Waals surface area contributed by atoms with Crippen molar-refractivity contribution in [2.45, 2.75) is 97.2 Å². The van der Waals surface area contributed by atoms with Crippen molar-refractivity contribution >= 4 is 49.6 Å². The number of carbonyl (C=O) groups excluding carboxylic acids is 5. The number of ether oxygens (including phenoxy) is 3. The van der Waals surface area contributed by atoms with E-state index < -0.39 is 44.4 Å². The molecule has 1 aliphatic rings. The maximum atomic E-state index is 13.9. The highest BCUT2D eigenvalue weighted by Crippen LogP contribution is 2.38. The van der Waals surface area contributed by atoms with Gasteiger partial charge in [0, 0.05) is 18.3 Å². The molecule has 0 aromatic heterocycles. The zero-order chi connectivity index (χ0) is 41.1. The fourth-order valence-corrected chi connectivity index (χ4v) is 6.44. The number of alkyl carbamates (subject to hydrolysis) is 1. The second-order valence-corrected chi connectivity index (χ2v) is 20.1. The number of phenolic OH excluding ortho intramolecular Hbond substituents is 1. The van der Waals surface area contributed by atoms with Gasteiger partial charge in [0.1, 0.15) is 25.3 Å². The summed E-state index contributed by atoms with van der Waals surface area (Å²) in [4.78, 5) is 66.3. The largest absolute Gasteiger partial charge is 0.504 e. The number of likely N-dealkylation sites (tertiary alicyclic amines) is 1. The molecule has 15 nitrogen and oxygen atoms in total. The number of nitrogens with one attached hydrogen (secondary N) is 4. The van der Waals surface area contributed by atoms with Crippen LogP contribution in [0.5, 0.6) is 11.5 Å². The first-order valence-electron chi connectivity index (χ1n) is 18.3. The molecule has 0 saturated carbocycles. The van der Waals surface area contributed by atoms with Crippen LogP contribution in [0.15, 0.2) is 49.1 Å². The van der Waals surface area contributed by atoms with Crippen LogP contribution < -0.4 is 26.0 Å². The van der Waals surface area contributed by atoms with Crippen molar-refractivity contribution in [3.63, 3.8) is 0 Å². The minimum Gasteiger partial charge on any atom is -0.504 e. The van der Waals surface area contributed by atoms with Crippen molar-refractivity contribution in [2.75, 3.05) is 37.5 Å². The first kappa shape index (κ1) is 44.3. The maximum absolute atomic E-state index is 13.9. The Hall–Kier alpha value is -5.09. The lowest BCUT2D eigenvalue weighted by molar-refractivity contribution is -0.128. The van der Waals surface area contributed by atoms with Crippen LogP contribution in [0.1, 0.15) is 70.3 Å². The summed E-state index contributed by atoms with van der Waals surface area (Å²) in [5, 5.41) is 20.9. The van der Waals surface area contributed by atoms with E-state index in [1.54, 1.807) is 43.0 Å². The molecular weight excluding hydrogens is 727 g/mol. The molecule has 1 saturated heterocycles. The van der Waals surface area contributed by atoms with Gasteiger partial charge < -0.3 is 44.6 Å². The van der Waals surface area contributed by atoms with Gasteiger partial charge in [0.15, 0.2) is 19.8 Å². The Morgan fingerprint density at radius 1 is 0.982 bits per heavy atom. The Balaban J connectivity index is 1.60. The fourth-order valence-electron chi connectivity index (χ4n) is 5.40. The summed E-state index contributed by atoms with van der Waals surface area (Å²) >= 11 is 0. The van der Waals surface area contributed by atoms with E-state index >= 15 is 0 Å². The lowest BCUT2D eigenvalue weighted by atomic mass is 10.0. The van der Waals surface area contributed by atoms with Gasteiger partial charge in [0.25, 0.3) is 5.91 Å². The summed E-state index contributed by atoms with van der Waals surface area (Å²) in [7, 11) is -0.680. The number of methoxy groups -OCH3 is 1. The SMILES string of the molecule is C=CCOC(=O)NC(C(=O)NC(C)C(=O)Nc1ccc(COC(=O)Nc2cc(O)c(OC)cc2C(=O)N2CCCC2CO[Si](C)(C)C(C)(C)C)cc1)C(C)C. The van der Waals surface area contributed by atoms with E-state index in [1.165, 1.54) is 32.2 Å². The van der Waals surface area contributed by atoms with Crippen LogP contribution >= 0.6 is 0 Å². The van der Waals surface area contributed by atoms with Crippen LogP contribution in [-0.2, 0) is 30.1 Å². The van der Waals surface area contributed by atoms with Gasteiger partial charge in [-0.05, 0) is 67.6 Å². The lowest BCUT2D eigenvalue weighted by Crippen LogP contribution is -2.53. The molecule has 1 aliphatic heterocycles. The van der Waals surface area contributed by atoms with Crippen molar-refractivity contribution in [1.82, 2.24) is 15.5 Å². The van der Waals surface area contributed by atoms with Gasteiger partial charge in [-0.15, -0.1) is 0 Å². The molecule has 55 heavy (non-hydrogen) atoms. The van der Waals surface area contributed by atoms with Gasteiger partial charge in [0.2, 0.25) is 11.8 Å². The Labute approximate surface area is 324 Å². The summed E-state index contributed by atoms with van der Waals surface area (Å²) in [5.41, 5.74) is 1.22. The van der Waals surface area contributed by atoms with E-state index in [1.807, 2.05) is 0 Å². The molecule has 2 aromatic carbocycles. The Morgan fingerprint density at radius 2 is 1.65 bits per heavy atom. The van der Waals surface area contributed by atoms with Gasteiger partial charge in [-0.2, -0.15) is 0 Å². The van der Waals surface area contributed by atoms with Crippen LogP contribution in [-0.4, -0.2) is 93.2 Å². The quantitative estimate of drug-likeness (QED) is 0.0973. The molecule has 3 rings (SSSR count). The fraction of sp³-hybridized carbons (Fsp3) is 0.513. The monoisotopic (exact) mass is 783 g/mol. The molecule has 0 spiro atoms. The molecule has 1 fully saturated rings. The van der Waals surface area contributed by atoms with Crippen molar-refractivity contribution in [2.24, 2.45) is 5.92 Å². The normalized spacial score (nSPS) is 15.4. The number of phenols is 1. The van der Waals surface area contributed by atoms with Crippen LogP contribution in [0, 0.1) is 5.92 Å². The minimum absolute atomic E-state index is 0.0123. The van der Waals surface area contributed by atoms with Crippen LogP contribution in [0.3, 0.4) is 0 Å². The number of carbonyl (C=O) groups is 5. The van der Waals surface area contributed by atoms with Gasteiger partial charge in [0.05, 0.1) is 31.0 Å². The number of amides is 5. The van der Waals surface area contributed by atoms with Gasteiger partial charge >= 0.3 is 12.2 Å². The molecule has 0 aliphatic carbocycles. The first-order valence-corrected chi connectivity index (χ1v) is 21.2. The number of hydrogen-bond acceptors (Lipinski definition) is 10. The third-order valence-electron chi connectivity index (χ3n) is 9.77. The summed E-state index contributed by atoms with van der Waals surface area (Å²) in [5.74, 6) is -1.84. The molecule has 3 atom stereocenters.